The molecule has 0 aromatic heterocycles. The molecular weight excluding hydrogens is 216 g/mol. The van der Waals surface area contributed by atoms with Crippen molar-refractivity contribution < 1.29 is 0 Å². The van der Waals surface area contributed by atoms with Gasteiger partial charge in [-0.25, -0.2) is 0 Å². The standard InChI is InChI=1S/C13H20N2S/c1-14-13(15(2)3)11-6-7-12-10(9-11)5-4-8-16-12/h6-7,9,13-14H,4-5,8H2,1-3H3. The highest BCUT2D eigenvalue weighted by atomic mass is 32.2. The van der Waals surface area contributed by atoms with Gasteiger partial charge in [-0.05, 0) is 56.9 Å². The second kappa shape index (κ2) is 5.21. The Kier molecular flexibility index (Phi) is 3.90. The summed E-state index contributed by atoms with van der Waals surface area (Å²) in [5, 5.41) is 3.34. The number of benzene rings is 1. The molecule has 1 atom stereocenters. The van der Waals surface area contributed by atoms with Gasteiger partial charge in [0.2, 0.25) is 0 Å². The van der Waals surface area contributed by atoms with E-state index in [1.54, 1.807) is 0 Å². The highest BCUT2D eigenvalue weighted by Crippen LogP contribution is 2.31. The number of thioether (sulfide) groups is 1. The Hall–Kier alpha value is -0.510. The van der Waals surface area contributed by atoms with E-state index in [0.29, 0.717) is 6.17 Å². The summed E-state index contributed by atoms with van der Waals surface area (Å²) < 4.78 is 0. The lowest BCUT2D eigenvalue weighted by atomic mass is 10.0. The van der Waals surface area contributed by atoms with Gasteiger partial charge >= 0.3 is 0 Å². The fourth-order valence-corrected chi connectivity index (χ4v) is 3.29. The van der Waals surface area contributed by atoms with Crippen LogP contribution < -0.4 is 5.32 Å². The molecule has 1 aliphatic rings. The minimum Gasteiger partial charge on any atom is -0.301 e. The quantitative estimate of drug-likeness (QED) is 0.812. The Labute approximate surface area is 102 Å². The van der Waals surface area contributed by atoms with Gasteiger partial charge in [0.05, 0.1) is 6.17 Å². The number of nitrogens with zero attached hydrogens (tertiary/aromatic N) is 1. The molecule has 1 unspecified atom stereocenters. The Morgan fingerprint density at radius 1 is 1.38 bits per heavy atom. The lowest BCUT2D eigenvalue weighted by molar-refractivity contribution is 0.264. The van der Waals surface area contributed by atoms with Gasteiger partial charge in [0.25, 0.3) is 0 Å². The van der Waals surface area contributed by atoms with Crippen molar-refractivity contribution in [3.63, 3.8) is 0 Å². The van der Waals surface area contributed by atoms with E-state index < -0.39 is 0 Å². The van der Waals surface area contributed by atoms with Gasteiger partial charge in [0, 0.05) is 4.90 Å². The van der Waals surface area contributed by atoms with Crippen molar-refractivity contribution in [3.05, 3.63) is 29.3 Å². The van der Waals surface area contributed by atoms with Crippen LogP contribution in [-0.2, 0) is 6.42 Å². The minimum atomic E-state index is 0.317. The first-order chi connectivity index (χ1) is 7.72. The van der Waals surface area contributed by atoms with Crippen molar-refractivity contribution >= 4 is 11.8 Å². The molecule has 3 heteroatoms. The average molecular weight is 236 g/mol. The third-order valence-corrected chi connectivity index (χ3v) is 4.24. The monoisotopic (exact) mass is 236 g/mol. The van der Waals surface area contributed by atoms with Crippen LogP contribution in [0.3, 0.4) is 0 Å². The molecule has 0 saturated heterocycles. The zero-order valence-corrected chi connectivity index (χ0v) is 11.1. The van der Waals surface area contributed by atoms with Gasteiger partial charge in [-0.1, -0.05) is 12.1 Å². The summed E-state index contributed by atoms with van der Waals surface area (Å²) >= 11 is 1.99. The van der Waals surface area contributed by atoms with Crippen molar-refractivity contribution in [1.29, 1.82) is 0 Å². The van der Waals surface area contributed by atoms with Gasteiger partial charge in [-0.3, -0.25) is 4.90 Å². The lowest BCUT2D eigenvalue weighted by Gasteiger charge is -2.26. The normalized spacial score (nSPS) is 17.2. The molecule has 0 saturated carbocycles. The van der Waals surface area contributed by atoms with Crippen LogP contribution in [0.4, 0.5) is 0 Å². The molecule has 0 bridgehead atoms. The summed E-state index contributed by atoms with van der Waals surface area (Å²) in [4.78, 5) is 3.68. The van der Waals surface area contributed by atoms with Gasteiger partial charge in [0.1, 0.15) is 0 Å². The largest absolute Gasteiger partial charge is 0.301 e. The molecular formula is C13H20N2S. The van der Waals surface area contributed by atoms with Gasteiger partial charge < -0.3 is 5.32 Å². The van der Waals surface area contributed by atoms with Gasteiger partial charge in [-0.15, -0.1) is 11.8 Å². The maximum absolute atomic E-state index is 3.34. The highest BCUT2D eigenvalue weighted by molar-refractivity contribution is 7.99. The Bertz CT molecular complexity index is 363. The fraction of sp³-hybridized carbons (Fsp3) is 0.538. The molecule has 0 spiro atoms. The molecule has 0 fully saturated rings. The third kappa shape index (κ3) is 2.42. The third-order valence-electron chi connectivity index (χ3n) is 3.04. The van der Waals surface area contributed by atoms with Crippen LogP contribution in [-0.4, -0.2) is 31.8 Å². The van der Waals surface area contributed by atoms with E-state index in [-0.39, 0.29) is 0 Å². The molecule has 1 aromatic carbocycles. The molecule has 1 N–H and O–H groups in total. The Morgan fingerprint density at radius 2 is 2.19 bits per heavy atom. The van der Waals surface area contributed by atoms with Crippen LogP contribution in [0.2, 0.25) is 0 Å². The molecule has 0 amide bonds. The first-order valence-corrected chi connectivity index (χ1v) is 6.80. The first kappa shape index (κ1) is 12.0. The second-order valence-corrected chi connectivity index (χ2v) is 5.61. The van der Waals surface area contributed by atoms with Gasteiger partial charge in [-0.2, -0.15) is 0 Å². The van der Waals surface area contributed by atoms with Crippen molar-refractivity contribution in [1.82, 2.24) is 10.2 Å². The summed E-state index contributed by atoms with van der Waals surface area (Å²) in [6.07, 6.45) is 2.87. The maximum Gasteiger partial charge on any atom is 0.0853 e. The van der Waals surface area contributed by atoms with Crippen molar-refractivity contribution in [2.45, 2.75) is 23.9 Å². The Balaban J connectivity index is 2.28. The summed E-state index contributed by atoms with van der Waals surface area (Å²) in [7, 11) is 6.23. The van der Waals surface area contributed by atoms with Crippen molar-refractivity contribution in [2.24, 2.45) is 0 Å². The van der Waals surface area contributed by atoms with E-state index in [4.69, 9.17) is 0 Å². The highest BCUT2D eigenvalue weighted by Gasteiger charge is 2.15. The fourth-order valence-electron chi connectivity index (χ4n) is 2.27. The second-order valence-electron chi connectivity index (χ2n) is 4.47. The topological polar surface area (TPSA) is 15.3 Å². The van der Waals surface area contributed by atoms with E-state index >= 15 is 0 Å². The molecule has 2 rings (SSSR count). The molecule has 1 aromatic rings. The number of fused-ring (bicyclic) bond motifs is 1. The van der Waals surface area contributed by atoms with Crippen LogP contribution in [0.15, 0.2) is 23.1 Å². The molecule has 1 heterocycles. The predicted molar refractivity (Wildman–Crippen MR) is 71.0 cm³/mol. The van der Waals surface area contributed by atoms with E-state index in [0.717, 1.165) is 0 Å². The van der Waals surface area contributed by atoms with E-state index in [2.05, 4.69) is 42.5 Å². The van der Waals surface area contributed by atoms with Crippen LogP contribution in [0, 0.1) is 0 Å². The maximum atomic E-state index is 3.34. The molecule has 2 nitrogen and oxygen atoms in total. The minimum absolute atomic E-state index is 0.317. The number of hydrogen-bond donors (Lipinski definition) is 1. The summed E-state index contributed by atoms with van der Waals surface area (Å²) in [5.41, 5.74) is 2.89. The molecule has 1 aliphatic heterocycles. The van der Waals surface area contributed by atoms with Gasteiger partial charge in [0.15, 0.2) is 0 Å². The number of hydrogen-bond acceptors (Lipinski definition) is 3. The van der Waals surface area contributed by atoms with Crippen LogP contribution in [0.5, 0.6) is 0 Å². The van der Waals surface area contributed by atoms with E-state index in [1.807, 2.05) is 18.8 Å². The zero-order chi connectivity index (χ0) is 11.5. The number of aryl methyl sites for hydroxylation is 1. The molecule has 0 aliphatic carbocycles. The zero-order valence-electron chi connectivity index (χ0n) is 10.3. The van der Waals surface area contributed by atoms with Crippen LogP contribution in [0.25, 0.3) is 0 Å². The summed E-state index contributed by atoms with van der Waals surface area (Å²) in [5.74, 6) is 1.27. The van der Waals surface area contributed by atoms with E-state index in [9.17, 15) is 0 Å². The molecule has 88 valence electrons. The van der Waals surface area contributed by atoms with Crippen molar-refractivity contribution in [3.8, 4) is 0 Å². The lowest BCUT2D eigenvalue weighted by Crippen LogP contribution is -2.30. The van der Waals surface area contributed by atoms with Crippen molar-refractivity contribution in [2.75, 3.05) is 26.9 Å². The van der Waals surface area contributed by atoms with E-state index in [1.165, 1.54) is 34.6 Å². The summed E-state index contributed by atoms with van der Waals surface area (Å²) in [6.45, 7) is 0. The SMILES string of the molecule is CNC(c1ccc2c(c1)CCCS2)N(C)C. The molecule has 16 heavy (non-hydrogen) atoms. The average Bonchev–Trinajstić information content (AvgIpc) is 2.29. The smallest absolute Gasteiger partial charge is 0.0853 e. The summed E-state index contributed by atoms with van der Waals surface area (Å²) in [6, 6.07) is 6.89. The first-order valence-electron chi connectivity index (χ1n) is 5.81. The Morgan fingerprint density at radius 3 is 2.88 bits per heavy atom. The predicted octanol–water partition coefficient (Wildman–Crippen LogP) is 2.50. The number of nitrogens with one attached hydrogen (secondary N) is 1. The molecule has 0 radical (unpaired) electrons. The van der Waals surface area contributed by atoms with Crippen LogP contribution in [0.1, 0.15) is 23.7 Å². The van der Waals surface area contributed by atoms with Crippen LogP contribution >= 0.6 is 11.8 Å². The number of rotatable bonds is 3.